The molecule has 1 aliphatic rings. The number of nitrogens with zero attached hydrogens (tertiary/aromatic N) is 1. The lowest BCUT2D eigenvalue weighted by Gasteiger charge is -2.20. The Hall–Kier alpha value is -2.87. The minimum absolute atomic E-state index is 0.00530. The molecular weight excluding hydrogens is 368 g/mol. The summed E-state index contributed by atoms with van der Waals surface area (Å²) in [6.45, 7) is 3.42. The van der Waals surface area contributed by atoms with E-state index in [0.29, 0.717) is 17.7 Å². The summed E-state index contributed by atoms with van der Waals surface area (Å²) < 4.78 is 32.5. The van der Waals surface area contributed by atoms with Crippen molar-refractivity contribution in [3.8, 4) is 0 Å². The van der Waals surface area contributed by atoms with Crippen molar-refractivity contribution in [3.05, 3.63) is 53.6 Å². The highest BCUT2D eigenvalue weighted by Gasteiger charge is 2.30. The van der Waals surface area contributed by atoms with Gasteiger partial charge >= 0.3 is 5.97 Å². The molecule has 8 heteroatoms. The van der Waals surface area contributed by atoms with Crippen molar-refractivity contribution < 1.29 is 22.7 Å². The van der Waals surface area contributed by atoms with Gasteiger partial charge in [-0.3, -0.25) is 9.52 Å². The minimum atomic E-state index is -3.80. The third-order valence-corrected chi connectivity index (χ3v) is 5.85. The Balaban J connectivity index is 1.85. The number of nitrogens with one attached hydrogen (secondary N) is 1. The number of carbonyl (C=O) groups is 2. The Kier molecular flexibility index (Phi) is 4.93. The molecule has 0 spiro atoms. The van der Waals surface area contributed by atoms with Gasteiger partial charge in [0.1, 0.15) is 0 Å². The van der Waals surface area contributed by atoms with Crippen molar-refractivity contribution >= 4 is 33.3 Å². The van der Waals surface area contributed by atoms with Crippen LogP contribution in [0.1, 0.15) is 29.8 Å². The van der Waals surface area contributed by atoms with Crippen LogP contribution < -0.4 is 9.62 Å². The average Bonchev–Trinajstić information content (AvgIpc) is 2.96. The fourth-order valence-electron chi connectivity index (χ4n) is 3.26. The maximum absolute atomic E-state index is 12.7. The minimum Gasteiger partial charge on any atom is -0.465 e. The number of hydrogen-bond acceptors (Lipinski definition) is 5. The van der Waals surface area contributed by atoms with Crippen LogP contribution in [0.2, 0.25) is 0 Å². The Morgan fingerprint density at radius 3 is 2.41 bits per heavy atom. The van der Waals surface area contributed by atoms with Gasteiger partial charge < -0.3 is 9.64 Å². The predicted octanol–water partition coefficient (Wildman–Crippen LogP) is 2.57. The number of methoxy groups -OCH3 is 1. The number of sulfonamides is 1. The van der Waals surface area contributed by atoms with Crippen LogP contribution in [0.4, 0.5) is 11.4 Å². The first kappa shape index (κ1) is 18.9. The van der Waals surface area contributed by atoms with Crippen molar-refractivity contribution in [3.63, 3.8) is 0 Å². The molecule has 0 saturated carbocycles. The van der Waals surface area contributed by atoms with Gasteiger partial charge in [-0.2, -0.15) is 0 Å². The van der Waals surface area contributed by atoms with Crippen molar-refractivity contribution in [1.29, 1.82) is 0 Å². The number of carbonyl (C=O) groups excluding carboxylic acids is 2. The van der Waals surface area contributed by atoms with Crippen molar-refractivity contribution in [2.75, 3.05) is 16.7 Å². The van der Waals surface area contributed by atoms with E-state index in [1.165, 1.54) is 44.4 Å². The summed E-state index contributed by atoms with van der Waals surface area (Å²) in [5, 5.41) is 0. The quantitative estimate of drug-likeness (QED) is 0.813. The lowest BCUT2D eigenvalue weighted by atomic mass is 10.1. The smallest absolute Gasteiger partial charge is 0.337 e. The van der Waals surface area contributed by atoms with Gasteiger partial charge in [0.2, 0.25) is 5.91 Å². The monoisotopic (exact) mass is 388 g/mol. The lowest BCUT2D eigenvalue weighted by molar-refractivity contribution is -0.116. The average molecular weight is 388 g/mol. The largest absolute Gasteiger partial charge is 0.465 e. The first-order valence-corrected chi connectivity index (χ1v) is 9.85. The van der Waals surface area contributed by atoms with Crippen LogP contribution in [0.25, 0.3) is 0 Å². The van der Waals surface area contributed by atoms with E-state index in [4.69, 9.17) is 0 Å². The molecule has 0 radical (unpaired) electrons. The Bertz CT molecular complexity index is 999. The molecule has 2 aromatic rings. The van der Waals surface area contributed by atoms with Crippen molar-refractivity contribution in [2.24, 2.45) is 0 Å². The van der Waals surface area contributed by atoms with Crippen LogP contribution in [-0.4, -0.2) is 33.4 Å². The third kappa shape index (κ3) is 3.66. The summed E-state index contributed by atoms with van der Waals surface area (Å²) in [4.78, 5) is 25.0. The molecule has 0 aromatic heterocycles. The van der Waals surface area contributed by atoms with E-state index in [0.717, 1.165) is 11.3 Å². The van der Waals surface area contributed by atoms with E-state index in [9.17, 15) is 18.0 Å². The number of amides is 1. The zero-order chi connectivity index (χ0) is 19.8. The fraction of sp³-hybridized carbons (Fsp3) is 0.263. The predicted molar refractivity (Wildman–Crippen MR) is 101 cm³/mol. The first-order chi connectivity index (χ1) is 12.7. The van der Waals surface area contributed by atoms with Crippen LogP contribution in [0.15, 0.2) is 47.4 Å². The van der Waals surface area contributed by atoms with Gasteiger partial charge in [-0.05, 0) is 61.4 Å². The second-order valence-electron chi connectivity index (χ2n) is 6.41. The molecule has 27 heavy (non-hydrogen) atoms. The Morgan fingerprint density at radius 1 is 1.15 bits per heavy atom. The zero-order valence-corrected chi connectivity index (χ0v) is 16.0. The highest BCUT2D eigenvalue weighted by atomic mass is 32.2. The molecule has 142 valence electrons. The topological polar surface area (TPSA) is 92.8 Å². The molecular formula is C19H20N2O5S. The van der Waals surface area contributed by atoms with Crippen molar-refractivity contribution in [1.82, 2.24) is 0 Å². The number of anilines is 2. The highest BCUT2D eigenvalue weighted by molar-refractivity contribution is 7.92. The van der Waals surface area contributed by atoms with Gasteiger partial charge in [0.25, 0.3) is 10.0 Å². The third-order valence-electron chi connectivity index (χ3n) is 4.47. The maximum Gasteiger partial charge on any atom is 0.337 e. The van der Waals surface area contributed by atoms with Gasteiger partial charge in [-0.1, -0.05) is 0 Å². The van der Waals surface area contributed by atoms with Gasteiger partial charge in [0.05, 0.1) is 17.6 Å². The molecule has 1 unspecified atom stereocenters. The molecule has 1 N–H and O–H groups in total. The summed E-state index contributed by atoms with van der Waals surface area (Å²) in [5.41, 5.74) is 2.23. The van der Waals surface area contributed by atoms with Crippen LogP contribution in [0.5, 0.6) is 0 Å². The van der Waals surface area contributed by atoms with Crippen molar-refractivity contribution in [2.45, 2.75) is 31.2 Å². The van der Waals surface area contributed by atoms with Gasteiger partial charge in [-0.15, -0.1) is 0 Å². The van der Waals surface area contributed by atoms with Crippen LogP contribution in [0, 0.1) is 0 Å². The molecule has 7 nitrogen and oxygen atoms in total. The fourth-order valence-corrected chi connectivity index (χ4v) is 4.37. The van der Waals surface area contributed by atoms with Gasteiger partial charge in [0, 0.05) is 24.3 Å². The number of benzene rings is 2. The van der Waals surface area contributed by atoms with Gasteiger partial charge in [0.15, 0.2) is 0 Å². The summed E-state index contributed by atoms with van der Waals surface area (Å²) >= 11 is 0. The van der Waals surface area contributed by atoms with Crippen LogP contribution in [-0.2, 0) is 26.0 Å². The van der Waals surface area contributed by atoms with E-state index in [2.05, 4.69) is 9.46 Å². The second-order valence-corrected chi connectivity index (χ2v) is 8.09. The van der Waals surface area contributed by atoms with E-state index < -0.39 is 16.0 Å². The number of fused-ring (bicyclic) bond motifs is 1. The molecule has 0 aliphatic carbocycles. The molecule has 0 saturated heterocycles. The lowest BCUT2D eigenvalue weighted by Crippen LogP contribution is -2.33. The normalized spacial score (nSPS) is 16.0. The Morgan fingerprint density at radius 2 is 1.81 bits per heavy atom. The zero-order valence-electron chi connectivity index (χ0n) is 15.2. The summed E-state index contributed by atoms with van der Waals surface area (Å²) in [6, 6.07) is 10.7. The van der Waals surface area contributed by atoms with Crippen LogP contribution >= 0.6 is 0 Å². The number of ether oxygens (including phenoxy) is 1. The molecule has 1 heterocycles. The SMILES string of the molecule is COC(=O)c1ccc(NS(=O)(=O)c2ccc3c(c2)CC(C)N3C(C)=O)cc1. The summed E-state index contributed by atoms with van der Waals surface area (Å²) in [6.07, 6.45) is 0.603. The highest BCUT2D eigenvalue weighted by Crippen LogP contribution is 2.34. The molecule has 1 atom stereocenters. The molecule has 1 aliphatic heterocycles. The standard InChI is InChI=1S/C19H20N2O5S/c1-12-10-15-11-17(8-9-18(15)21(12)13(2)22)27(24,25)20-16-6-4-14(5-7-16)19(23)26-3/h4-9,11-12,20H,10H2,1-3H3. The summed E-state index contributed by atoms with van der Waals surface area (Å²) in [5.74, 6) is -0.562. The molecule has 2 aromatic carbocycles. The second kappa shape index (κ2) is 7.03. The van der Waals surface area contributed by atoms with Crippen LogP contribution in [0.3, 0.4) is 0 Å². The molecule has 0 fully saturated rings. The maximum atomic E-state index is 12.7. The number of esters is 1. The van der Waals surface area contributed by atoms with Gasteiger partial charge in [-0.25, -0.2) is 13.2 Å². The van der Waals surface area contributed by atoms with E-state index in [1.54, 1.807) is 17.0 Å². The molecule has 1 amide bonds. The number of rotatable bonds is 4. The summed E-state index contributed by atoms with van der Waals surface area (Å²) in [7, 11) is -2.52. The number of hydrogen-bond donors (Lipinski definition) is 1. The molecule has 0 bridgehead atoms. The van der Waals surface area contributed by atoms with E-state index in [1.807, 2.05) is 6.92 Å². The van der Waals surface area contributed by atoms with E-state index >= 15 is 0 Å². The molecule has 3 rings (SSSR count). The van der Waals surface area contributed by atoms with E-state index in [-0.39, 0.29) is 16.8 Å². The Labute approximate surface area is 158 Å². The first-order valence-electron chi connectivity index (χ1n) is 8.37.